The van der Waals surface area contributed by atoms with Crippen LogP contribution in [0.2, 0.25) is 0 Å². The molecule has 0 amide bonds. The highest BCUT2D eigenvalue weighted by Gasteiger charge is 1.90. The number of nitrogens with zero attached hydrogens (tertiary/aromatic N) is 1. The third-order valence-corrected chi connectivity index (χ3v) is 1.02. The summed E-state index contributed by atoms with van der Waals surface area (Å²) in [6, 6.07) is 0. The van der Waals surface area contributed by atoms with Crippen LogP contribution in [0.3, 0.4) is 0 Å². The average molecular weight is 115 g/mol. The van der Waals surface area contributed by atoms with E-state index < -0.39 is 0 Å². The number of hydrogen-bond acceptors (Lipinski definition) is 3. The van der Waals surface area contributed by atoms with Crippen LogP contribution < -0.4 is 11.5 Å². The molecule has 0 aromatic heterocycles. The van der Waals surface area contributed by atoms with Crippen LogP contribution in [0.4, 0.5) is 0 Å². The Bertz CT molecular complexity index is 44.5. The molecule has 4 heteroatoms. The van der Waals surface area contributed by atoms with Gasteiger partial charge in [-0.25, -0.2) is 0 Å². The van der Waals surface area contributed by atoms with Gasteiger partial charge >= 0.3 is 0 Å². The maximum absolute atomic E-state index is 5.28. The molecule has 0 unspecified atom stereocenters. The Balaban J connectivity index is 2.92. The van der Waals surface area contributed by atoms with Crippen molar-refractivity contribution in [1.29, 1.82) is 0 Å². The van der Waals surface area contributed by atoms with Crippen LogP contribution in [0.5, 0.6) is 0 Å². The quantitative estimate of drug-likeness (QED) is 0.407. The van der Waals surface area contributed by atoms with Crippen molar-refractivity contribution in [3.05, 3.63) is 0 Å². The van der Waals surface area contributed by atoms with Crippen molar-refractivity contribution >= 4 is 7.98 Å². The molecule has 0 saturated heterocycles. The van der Waals surface area contributed by atoms with Gasteiger partial charge in [0, 0.05) is 13.1 Å². The maximum Gasteiger partial charge on any atom is 0.185 e. The van der Waals surface area contributed by atoms with E-state index >= 15 is 0 Å². The van der Waals surface area contributed by atoms with Crippen molar-refractivity contribution < 1.29 is 0 Å². The summed E-state index contributed by atoms with van der Waals surface area (Å²) in [6.45, 7) is 3.32. The normalized spacial score (nSPS) is 10.4. The zero-order valence-corrected chi connectivity index (χ0v) is 5.43. The molecule has 0 aliphatic heterocycles. The van der Waals surface area contributed by atoms with E-state index in [0.717, 1.165) is 26.2 Å². The topological polar surface area (TPSA) is 55.3 Å². The van der Waals surface area contributed by atoms with E-state index in [1.165, 1.54) is 0 Å². The number of rotatable bonds is 4. The number of nitrogens with two attached hydrogens (primary N) is 2. The smallest absolute Gasteiger partial charge is 0.185 e. The van der Waals surface area contributed by atoms with E-state index in [1.807, 2.05) is 7.98 Å². The van der Waals surface area contributed by atoms with Crippen LogP contribution in [-0.2, 0) is 0 Å². The lowest BCUT2D eigenvalue weighted by Crippen LogP contribution is -2.31. The molecule has 0 spiro atoms. The fraction of sp³-hybridized carbons (Fsp3) is 1.00. The Morgan fingerprint density at radius 1 is 1.12 bits per heavy atom. The van der Waals surface area contributed by atoms with Gasteiger partial charge in [-0.15, -0.1) is 0 Å². The number of hydrogen-bond donors (Lipinski definition) is 2. The highest BCUT2D eigenvalue weighted by molar-refractivity contribution is 6.04. The second kappa shape index (κ2) is 5.09. The van der Waals surface area contributed by atoms with E-state index in [2.05, 4.69) is 4.81 Å². The fourth-order valence-electron chi connectivity index (χ4n) is 0.553. The molecule has 3 nitrogen and oxygen atoms in total. The van der Waals surface area contributed by atoms with E-state index in [1.54, 1.807) is 0 Å². The minimum Gasteiger partial charge on any atom is -0.347 e. The van der Waals surface area contributed by atoms with Crippen molar-refractivity contribution in [2.45, 2.75) is 0 Å². The summed E-state index contributed by atoms with van der Waals surface area (Å²) in [5, 5.41) is 0. The Labute approximate surface area is 51.4 Å². The fourth-order valence-corrected chi connectivity index (χ4v) is 0.553. The summed E-state index contributed by atoms with van der Waals surface area (Å²) in [6.07, 6.45) is 0. The first kappa shape index (κ1) is 7.94. The monoisotopic (exact) mass is 115 g/mol. The predicted octanol–water partition coefficient (Wildman–Crippen LogP) is -2.25. The standard InChI is InChI=1S/C4H14BN3/c5-8(3-1-6)4-2-7/h1-7H2. The van der Waals surface area contributed by atoms with Crippen molar-refractivity contribution in [2.75, 3.05) is 26.2 Å². The summed E-state index contributed by atoms with van der Waals surface area (Å²) >= 11 is 0. The Kier molecular flexibility index (Phi) is 5.05. The van der Waals surface area contributed by atoms with Gasteiger partial charge in [0.15, 0.2) is 7.98 Å². The van der Waals surface area contributed by atoms with Gasteiger partial charge in [-0.05, 0) is 13.1 Å². The van der Waals surface area contributed by atoms with Gasteiger partial charge in [0.2, 0.25) is 0 Å². The van der Waals surface area contributed by atoms with E-state index in [-0.39, 0.29) is 0 Å². The lowest BCUT2D eigenvalue weighted by atomic mass is 10.3. The molecule has 0 aromatic carbocycles. The molecule has 8 heavy (non-hydrogen) atoms. The molecule has 0 fully saturated rings. The van der Waals surface area contributed by atoms with Gasteiger partial charge in [0.25, 0.3) is 0 Å². The van der Waals surface area contributed by atoms with Gasteiger partial charge in [0.05, 0.1) is 0 Å². The lowest BCUT2D eigenvalue weighted by molar-refractivity contribution is 0.474. The second-order valence-corrected chi connectivity index (χ2v) is 1.88. The minimum atomic E-state index is 0.719. The molecular formula is C4H14BN3. The molecule has 4 N–H and O–H groups in total. The first-order chi connectivity index (χ1) is 3.81. The molecule has 0 heterocycles. The Morgan fingerprint density at radius 3 is 1.75 bits per heavy atom. The van der Waals surface area contributed by atoms with E-state index in [0.29, 0.717) is 0 Å². The van der Waals surface area contributed by atoms with E-state index in [4.69, 9.17) is 11.5 Å². The lowest BCUT2D eigenvalue weighted by Gasteiger charge is -2.12. The molecule has 0 aliphatic carbocycles. The first-order valence-corrected chi connectivity index (χ1v) is 2.90. The Hall–Kier alpha value is -0.0551. The molecule has 0 atom stereocenters. The second-order valence-electron chi connectivity index (χ2n) is 1.88. The van der Waals surface area contributed by atoms with Crippen molar-refractivity contribution in [1.82, 2.24) is 4.81 Å². The summed E-state index contributed by atoms with van der Waals surface area (Å²) in [5.74, 6) is 0. The molecule has 48 valence electrons. The van der Waals surface area contributed by atoms with Crippen LogP contribution >= 0.6 is 0 Å². The summed E-state index contributed by atoms with van der Waals surface area (Å²) < 4.78 is 0. The Morgan fingerprint density at radius 2 is 1.50 bits per heavy atom. The molecule has 0 aromatic rings. The van der Waals surface area contributed by atoms with Gasteiger partial charge < -0.3 is 16.3 Å². The zero-order chi connectivity index (χ0) is 6.41. The third-order valence-electron chi connectivity index (χ3n) is 1.02. The van der Waals surface area contributed by atoms with Crippen molar-refractivity contribution in [3.63, 3.8) is 0 Å². The van der Waals surface area contributed by atoms with Crippen LogP contribution in [0.1, 0.15) is 0 Å². The summed E-state index contributed by atoms with van der Waals surface area (Å²) in [4.78, 5) is 2.11. The average Bonchev–Trinajstić information content (AvgIpc) is 1.68. The zero-order valence-electron chi connectivity index (χ0n) is 5.43. The van der Waals surface area contributed by atoms with Crippen molar-refractivity contribution in [3.8, 4) is 0 Å². The molecular weight excluding hydrogens is 101 g/mol. The molecule has 0 rings (SSSR count). The maximum atomic E-state index is 5.28. The highest BCUT2D eigenvalue weighted by atomic mass is 15.0. The highest BCUT2D eigenvalue weighted by Crippen LogP contribution is 1.72. The SMILES string of the molecule is BN(CCN)CCN. The first-order valence-electron chi connectivity index (χ1n) is 2.90. The van der Waals surface area contributed by atoms with Crippen LogP contribution in [0, 0.1) is 0 Å². The summed E-state index contributed by atoms with van der Waals surface area (Å²) in [5.41, 5.74) is 10.6. The molecule has 0 bridgehead atoms. The third kappa shape index (κ3) is 4.11. The minimum absolute atomic E-state index is 0.719. The van der Waals surface area contributed by atoms with Gasteiger partial charge in [-0.1, -0.05) is 0 Å². The van der Waals surface area contributed by atoms with Gasteiger partial charge in [-0.3, -0.25) is 0 Å². The van der Waals surface area contributed by atoms with Gasteiger partial charge in [-0.2, -0.15) is 0 Å². The summed E-state index contributed by atoms with van der Waals surface area (Å²) in [7, 11) is 2.01. The molecule has 0 aliphatic rings. The van der Waals surface area contributed by atoms with E-state index in [9.17, 15) is 0 Å². The van der Waals surface area contributed by atoms with Crippen molar-refractivity contribution in [2.24, 2.45) is 11.5 Å². The van der Waals surface area contributed by atoms with Crippen LogP contribution in [0.15, 0.2) is 0 Å². The van der Waals surface area contributed by atoms with Crippen LogP contribution in [-0.4, -0.2) is 39.0 Å². The predicted molar refractivity (Wildman–Crippen MR) is 38.2 cm³/mol. The molecule has 0 saturated carbocycles. The van der Waals surface area contributed by atoms with Crippen LogP contribution in [0.25, 0.3) is 0 Å². The van der Waals surface area contributed by atoms with Gasteiger partial charge in [0.1, 0.15) is 0 Å². The largest absolute Gasteiger partial charge is 0.347 e. The molecule has 0 radical (unpaired) electrons.